The Morgan fingerprint density at radius 1 is 0.926 bits per heavy atom. The second-order valence-electron chi connectivity index (χ2n) is 7.26. The molecule has 1 fully saturated rings. The molecule has 6 heteroatoms. The predicted molar refractivity (Wildman–Crippen MR) is 102 cm³/mol. The van der Waals surface area contributed by atoms with E-state index in [-0.39, 0.29) is 6.03 Å². The van der Waals surface area contributed by atoms with Crippen molar-refractivity contribution in [2.24, 2.45) is 0 Å². The van der Waals surface area contributed by atoms with Crippen molar-refractivity contribution in [3.8, 4) is 11.5 Å². The predicted octanol–water partition coefficient (Wildman–Crippen LogP) is 2.72. The van der Waals surface area contributed by atoms with Crippen molar-refractivity contribution in [3.63, 3.8) is 0 Å². The summed E-state index contributed by atoms with van der Waals surface area (Å²) in [5.41, 5.74) is 3.56. The Balaban J connectivity index is 1.19. The molecule has 0 aromatic heterocycles. The van der Waals surface area contributed by atoms with Crippen LogP contribution in [-0.2, 0) is 13.0 Å². The molecule has 6 nitrogen and oxygen atoms in total. The van der Waals surface area contributed by atoms with E-state index in [1.807, 2.05) is 28.0 Å². The van der Waals surface area contributed by atoms with Gasteiger partial charge in [-0.25, -0.2) is 4.79 Å². The van der Waals surface area contributed by atoms with Crippen LogP contribution in [-0.4, -0.2) is 55.3 Å². The molecular weight excluding hydrogens is 342 g/mol. The Hall–Kier alpha value is -2.73. The van der Waals surface area contributed by atoms with Crippen molar-refractivity contribution in [1.82, 2.24) is 9.80 Å². The van der Waals surface area contributed by atoms with Gasteiger partial charge in [-0.1, -0.05) is 24.3 Å². The average molecular weight is 365 g/mol. The van der Waals surface area contributed by atoms with Gasteiger partial charge < -0.3 is 14.4 Å². The first-order valence-electron chi connectivity index (χ1n) is 9.53. The summed E-state index contributed by atoms with van der Waals surface area (Å²) >= 11 is 0. The molecule has 2 aromatic carbocycles. The molecule has 1 saturated heterocycles. The summed E-state index contributed by atoms with van der Waals surface area (Å²) in [4.78, 5) is 19.3. The van der Waals surface area contributed by atoms with E-state index in [0.29, 0.717) is 6.79 Å². The first-order chi connectivity index (χ1) is 13.3. The molecular formula is C21H23N3O3. The van der Waals surface area contributed by atoms with Crippen LogP contribution in [0.3, 0.4) is 0 Å². The minimum Gasteiger partial charge on any atom is -0.454 e. The van der Waals surface area contributed by atoms with E-state index in [0.717, 1.165) is 62.9 Å². The number of hydrogen-bond acceptors (Lipinski definition) is 4. The zero-order valence-corrected chi connectivity index (χ0v) is 15.3. The fourth-order valence-corrected chi connectivity index (χ4v) is 4.10. The van der Waals surface area contributed by atoms with Gasteiger partial charge in [0, 0.05) is 45.0 Å². The summed E-state index contributed by atoms with van der Waals surface area (Å²) in [7, 11) is 0. The molecule has 0 bridgehead atoms. The standard InChI is InChI=1S/C21H23N3O3/c25-21(24-8-7-17-3-1-2-4-18(17)24)23-11-9-22(10-12-23)14-16-5-6-19-20(13-16)27-15-26-19/h1-6,13H,7-12,14-15H2. The lowest BCUT2D eigenvalue weighted by Crippen LogP contribution is -2.52. The SMILES string of the molecule is O=C(N1CCN(Cc2ccc3c(c2)OCO3)CC1)N1CCc2ccccc21. The molecule has 140 valence electrons. The number of carbonyl (C=O) groups excluding carboxylic acids is 1. The number of rotatable bonds is 2. The van der Waals surface area contributed by atoms with Gasteiger partial charge in [-0.05, 0) is 35.7 Å². The summed E-state index contributed by atoms with van der Waals surface area (Å²) in [5.74, 6) is 1.65. The molecule has 0 radical (unpaired) electrons. The van der Waals surface area contributed by atoms with Crippen molar-refractivity contribution in [3.05, 3.63) is 53.6 Å². The van der Waals surface area contributed by atoms with E-state index >= 15 is 0 Å². The molecule has 0 N–H and O–H groups in total. The summed E-state index contributed by atoms with van der Waals surface area (Å²) in [6.45, 7) is 5.26. The Kier molecular flexibility index (Phi) is 4.13. The molecule has 3 heterocycles. The maximum absolute atomic E-state index is 13.0. The number of amides is 2. The zero-order chi connectivity index (χ0) is 18.2. The molecule has 0 unspecified atom stereocenters. The number of anilines is 1. The van der Waals surface area contributed by atoms with Crippen LogP contribution >= 0.6 is 0 Å². The van der Waals surface area contributed by atoms with Crippen LogP contribution in [0.5, 0.6) is 11.5 Å². The van der Waals surface area contributed by atoms with Gasteiger partial charge in [-0.15, -0.1) is 0 Å². The summed E-state index contributed by atoms with van der Waals surface area (Å²) in [6, 6.07) is 14.5. The third-order valence-electron chi connectivity index (χ3n) is 5.60. The Morgan fingerprint density at radius 3 is 2.63 bits per heavy atom. The van der Waals surface area contributed by atoms with E-state index in [9.17, 15) is 4.79 Å². The second-order valence-corrected chi connectivity index (χ2v) is 7.26. The number of fused-ring (bicyclic) bond motifs is 2. The second kappa shape index (κ2) is 6.78. The molecule has 3 aliphatic heterocycles. The van der Waals surface area contributed by atoms with Crippen LogP contribution < -0.4 is 14.4 Å². The number of ether oxygens (including phenoxy) is 2. The van der Waals surface area contributed by atoms with Crippen molar-refractivity contribution in [1.29, 1.82) is 0 Å². The van der Waals surface area contributed by atoms with Crippen molar-refractivity contribution in [2.75, 3.05) is 44.4 Å². The molecule has 2 aromatic rings. The largest absolute Gasteiger partial charge is 0.454 e. The molecule has 0 spiro atoms. The van der Waals surface area contributed by atoms with Crippen LogP contribution in [0, 0.1) is 0 Å². The fraction of sp³-hybridized carbons (Fsp3) is 0.381. The summed E-state index contributed by atoms with van der Waals surface area (Å²) < 4.78 is 10.8. The highest BCUT2D eigenvalue weighted by atomic mass is 16.7. The highest BCUT2D eigenvalue weighted by Gasteiger charge is 2.30. The van der Waals surface area contributed by atoms with E-state index in [1.165, 1.54) is 11.1 Å². The van der Waals surface area contributed by atoms with Gasteiger partial charge in [-0.3, -0.25) is 9.80 Å². The minimum absolute atomic E-state index is 0.141. The topological polar surface area (TPSA) is 45.3 Å². The lowest BCUT2D eigenvalue weighted by atomic mass is 10.1. The Morgan fingerprint density at radius 2 is 1.74 bits per heavy atom. The van der Waals surface area contributed by atoms with Gasteiger partial charge in [0.05, 0.1) is 0 Å². The van der Waals surface area contributed by atoms with Crippen molar-refractivity contribution < 1.29 is 14.3 Å². The van der Waals surface area contributed by atoms with Crippen LogP contribution in [0.15, 0.2) is 42.5 Å². The maximum atomic E-state index is 13.0. The molecule has 27 heavy (non-hydrogen) atoms. The maximum Gasteiger partial charge on any atom is 0.324 e. The van der Waals surface area contributed by atoms with Gasteiger partial charge in [-0.2, -0.15) is 0 Å². The van der Waals surface area contributed by atoms with Crippen LogP contribution in [0.1, 0.15) is 11.1 Å². The molecule has 3 aliphatic rings. The van der Waals surface area contributed by atoms with Crippen LogP contribution in [0.2, 0.25) is 0 Å². The molecule has 0 saturated carbocycles. The lowest BCUT2D eigenvalue weighted by molar-refractivity contribution is 0.139. The third kappa shape index (κ3) is 3.10. The number of urea groups is 1. The van der Waals surface area contributed by atoms with Crippen molar-refractivity contribution in [2.45, 2.75) is 13.0 Å². The number of hydrogen-bond donors (Lipinski definition) is 0. The number of nitrogens with zero attached hydrogens (tertiary/aromatic N) is 3. The van der Waals surface area contributed by atoms with E-state index in [2.05, 4.69) is 29.2 Å². The zero-order valence-electron chi connectivity index (χ0n) is 15.3. The van der Waals surface area contributed by atoms with Gasteiger partial charge in [0.2, 0.25) is 6.79 Å². The number of benzene rings is 2. The van der Waals surface area contributed by atoms with Gasteiger partial charge in [0.1, 0.15) is 0 Å². The highest BCUT2D eigenvalue weighted by Crippen LogP contribution is 2.33. The van der Waals surface area contributed by atoms with Crippen LogP contribution in [0.25, 0.3) is 0 Å². The van der Waals surface area contributed by atoms with Gasteiger partial charge in [0.15, 0.2) is 11.5 Å². The quantitative estimate of drug-likeness (QED) is 0.821. The number of carbonyl (C=O) groups is 1. The molecule has 5 rings (SSSR count). The molecule has 2 amide bonds. The third-order valence-corrected chi connectivity index (χ3v) is 5.60. The van der Waals surface area contributed by atoms with Crippen LogP contribution in [0.4, 0.5) is 10.5 Å². The van der Waals surface area contributed by atoms with Gasteiger partial charge >= 0.3 is 6.03 Å². The Labute approximate surface area is 158 Å². The highest BCUT2D eigenvalue weighted by molar-refractivity contribution is 5.94. The number of para-hydroxylation sites is 1. The smallest absolute Gasteiger partial charge is 0.324 e. The van der Waals surface area contributed by atoms with Gasteiger partial charge in [0.25, 0.3) is 0 Å². The average Bonchev–Trinajstić information content (AvgIpc) is 3.34. The molecule has 0 aliphatic carbocycles. The Bertz CT molecular complexity index is 862. The number of piperazine rings is 1. The first-order valence-corrected chi connectivity index (χ1v) is 9.53. The minimum atomic E-state index is 0.141. The first kappa shape index (κ1) is 16.4. The van der Waals surface area contributed by atoms with E-state index in [4.69, 9.17) is 9.47 Å². The van der Waals surface area contributed by atoms with E-state index in [1.54, 1.807) is 0 Å². The molecule has 0 atom stereocenters. The van der Waals surface area contributed by atoms with Crippen molar-refractivity contribution >= 4 is 11.7 Å². The monoisotopic (exact) mass is 365 g/mol. The fourth-order valence-electron chi connectivity index (χ4n) is 4.10. The summed E-state index contributed by atoms with van der Waals surface area (Å²) in [6.07, 6.45) is 0.950. The lowest BCUT2D eigenvalue weighted by Gasteiger charge is -2.36. The normalized spacial score (nSPS) is 18.7. The summed E-state index contributed by atoms with van der Waals surface area (Å²) in [5, 5.41) is 0. The van der Waals surface area contributed by atoms with E-state index < -0.39 is 0 Å².